The third-order valence-electron chi connectivity index (χ3n) is 9.83. The molecule has 1 spiro atoms. The molecule has 0 aliphatic carbocycles. The van der Waals surface area contributed by atoms with E-state index in [4.69, 9.17) is 4.74 Å². The number of alkyl halides is 3. The summed E-state index contributed by atoms with van der Waals surface area (Å²) in [4.78, 5) is 36.4. The highest BCUT2D eigenvalue weighted by molar-refractivity contribution is 8.14. The molecule has 14 heteroatoms. The molecule has 3 aromatic rings. The van der Waals surface area contributed by atoms with Crippen molar-refractivity contribution in [3.63, 3.8) is 0 Å². The largest absolute Gasteiger partial charge is 0.506 e. The first kappa shape index (κ1) is 36.4. The minimum absolute atomic E-state index is 0.0611. The Bertz CT molecular complexity index is 1790. The number of phenolic OH excluding ortho intramolecular Hbond substituents is 1. The van der Waals surface area contributed by atoms with E-state index in [1.165, 1.54) is 24.3 Å². The molecule has 0 bridgehead atoms. The van der Waals surface area contributed by atoms with Gasteiger partial charge in [0.15, 0.2) is 0 Å². The molecule has 1 unspecified atom stereocenters. The van der Waals surface area contributed by atoms with Crippen molar-refractivity contribution in [3.05, 3.63) is 75.1 Å². The van der Waals surface area contributed by atoms with Crippen molar-refractivity contribution >= 4 is 33.6 Å². The molecule has 2 atom stereocenters. The van der Waals surface area contributed by atoms with Crippen molar-refractivity contribution < 1.29 is 32.9 Å². The van der Waals surface area contributed by atoms with Gasteiger partial charge >= 0.3 is 6.18 Å². The highest BCUT2D eigenvalue weighted by Gasteiger charge is 2.43. The Balaban J connectivity index is 1.04. The average molecular weight is 716 g/mol. The van der Waals surface area contributed by atoms with Crippen LogP contribution in [0.1, 0.15) is 55.0 Å². The lowest BCUT2D eigenvalue weighted by molar-refractivity contribution is -0.160. The third kappa shape index (κ3) is 8.20. The Morgan fingerprint density at radius 2 is 1.94 bits per heavy atom. The zero-order chi connectivity index (χ0) is 35.6. The number of H-pyrrole nitrogens is 1. The van der Waals surface area contributed by atoms with Crippen molar-refractivity contribution in [2.75, 3.05) is 51.6 Å². The number of aliphatic imine (C=N–C) groups is 1. The van der Waals surface area contributed by atoms with Crippen molar-refractivity contribution in [1.82, 2.24) is 20.1 Å². The number of halogens is 3. The molecule has 6 rings (SSSR count). The van der Waals surface area contributed by atoms with Gasteiger partial charge in [0.2, 0.25) is 11.5 Å². The van der Waals surface area contributed by atoms with Crippen LogP contribution in [0.5, 0.6) is 5.75 Å². The zero-order valence-electron chi connectivity index (χ0n) is 28.3. The third-order valence-corrected chi connectivity index (χ3v) is 11.2. The van der Waals surface area contributed by atoms with Crippen LogP contribution in [0, 0.1) is 5.92 Å². The van der Waals surface area contributed by atoms with Gasteiger partial charge in [0.05, 0.1) is 34.4 Å². The van der Waals surface area contributed by atoms with Gasteiger partial charge in [-0.25, -0.2) is 0 Å². The van der Waals surface area contributed by atoms with Gasteiger partial charge in [-0.15, -0.1) is 11.8 Å². The van der Waals surface area contributed by atoms with Crippen molar-refractivity contribution in [3.8, 4) is 5.75 Å². The number of ether oxygens (including phenoxy) is 1. The number of hydrogen-bond donors (Lipinski definition) is 4. The van der Waals surface area contributed by atoms with Gasteiger partial charge < -0.3 is 30.2 Å². The molecule has 2 aromatic carbocycles. The summed E-state index contributed by atoms with van der Waals surface area (Å²) in [5.41, 5.74) is 0.151. The van der Waals surface area contributed by atoms with Crippen LogP contribution >= 0.6 is 11.8 Å². The van der Waals surface area contributed by atoms with Gasteiger partial charge in [0.25, 0.3) is 0 Å². The molecule has 2 saturated heterocycles. The van der Waals surface area contributed by atoms with Crippen LogP contribution in [0.4, 0.5) is 13.2 Å². The predicted octanol–water partition coefficient (Wildman–Crippen LogP) is 4.48. The summed E-state index contributed by atoms with van der Waals surface area (Å²) in [6.07, 6.45) is -3.98. The number of rotatable bonds is 10. The van der Waals surface area contributed by atoms with Gasteiger partial charge in [-0.3, -0.25) is 19.5 Å². The lowest BCUT2D eigenvalue weighted by Crippen LogP contribution is -2.59. The fourth-order valence-corrected chi connectivity index (χ4v) is 8.19. The number of aromatic nitrogens is 1. The summed E-state index contributed by atoms with van der Waals surface area (Å²) in [5.74, 6) is 0.925. The van der Waals surface area contributed by atoms with Crippen molar-refractivity contribution in [2.45, 2.75) is 63.6 Å². The number of nitrogens with one attached hydrogen (secondary N) is 2. The van der Waals surface area contributed by atoms with Gasteiger partial charge in [-0.1, -0.05) is 32.0 Å². The number of likely N-dealkylation sites (tertiary alicyclic amines) is 1. The smallest absolute Gasteiger partial charge is 0.416 e. The molecule has 4 heterocycles. The van der Waals surface area contributed by atoms with E-state index in [0.29, 0.717) is 62.0 Å². The number of piperidine rings is 1. The quantitative estimate of drug-likeness (QED) is 0.226. The number of carbonyl (C=O) groups excluding carboxylic acids is 1. The summed E-state index contributed by atoms with van der Waals surface area (Å²) in [5, 5.41) is 25.5. The predicted molar refractivity (Wildman–Crippen MR) is 188 cm³/mol. The second kappa shape index (κ2) is 15.0. The zero-order valence-corrected chi connectivity index (χ0v) is 29.1. The Labute approximate surface area is 293 Å². The number of pyridine rings is 1. The molecule has 1 aromatic heterocycles. The number of aromatic hydroxyl groups is 1. The Morgan fingerprint density at radius 3 is 2.66 bits per heavy atom. The van der Waals surface area contributed by atoms with Crippen molar-refractivity contribution in [1.29, 1.82) is 0 Å². The molecule has 2 fully saturated rings. The minimum Gasteiger partial charge on any atom is -0.506 e. The number of thioether (sulfide) groups is 1. The van der Waals surface area contributed by atoms with E-state index in [2.05, 4.69) is 34.0 Å². The number of hydrogen-bond acceptors (Lipinski definition) is 9. The molecule has 0 radical (unpaired) electrons. The number of nitrogens with zero attached hydrogens (tertiary/aromatic N) is 3. The van der Waals surface area contributed by atoms with Crippen LogP contribution in [0.25, 0.3) is 10.9 Å². The number of phenols is 1. The number of aromatic amines is 1. The lowest BCUT2D eigenvalue weighted by Gasteiger charge is -2.47. The highest BCUT2D eigenvalue weighted by atomic mass is 32.2. The van der Waals surface area contributed by atoms with Gasteiger partial charge in [-0.2, -0.15) is 13.2 Å². The average Bonchev–Trinajstić information content (AvgIpc) is 3.59. The van der Waals surface area contributed by atoms with E-state index in [9.17, 15) is 33.0 Å². The standard InChI is InChI=1S/C36H44F3N5O5S/c1-22(2)33-41-28(20-50-33)34(48)44-15-16-49-35(21-44)10-13-43(14-11-35)19-23-3-6-27(36(37,38)39)24(17-23)9-12-40-18-30(46)25-4-7-29(45)32-26(25)5-8-31(47)42-32/h3-8,17,22,28,30,40,45-46H,9-16,18-21H2,1-2H3,(H,42,47)/t28?,30-/m0/s1. The second-order valence-electron chi connectivity index (χ2n) is 13.8. The fraction of sp³-hybridized carbons (Fsp3) is 0.528. The Hall–Kier alpha value is -3.43. The normalized spacial score (nSPS) is 20.5. The number of fused-ring (bicyclic) bond motifs is 1. The van der Waals surface area contributed by atoms with E-state index < -0.39 is 29.0 Å². The maximum Gasteiger partial charge on any atom is 0.416 e. The van der Waals surface area contributed by atoms with E-state index in [1.807, 2.05) is 4.90 Å². The molecule has 4 N–H and O–H groups in total. The molecule has 50 heavy (non-hydrogen) atoms. The Kier molecular flexibility index (Phi) is 10.9. The van der Waals surface area contributed by atoms with Crippen LogP contribution in [-0.2, 0) is 28.7 Å². The van der Waals surface area contributed by atoms with Crippen LogP contribution in [-0.4, -0.2) is 99.2 Å². The number of carbonyl (C=O) groups is 1. The highest BCUT2D eigenvalue weighted by Crippen LogP contribution is 2.35. The van der Waals surface area contributed by atoms with Crippen molar-refractivity contribution in [2.24, 2.45) is 10.9 Å². The monoisotopic (exact) mass is 715 g/mol. The summed E-state index contributed by atoms with van der Waals surface area (Å²) in [6, 6.07) is 9.72. The fourth-order valence-electron chi connectivity index (χ4n) is 7.11. The minimum atomic E-state index is -4.51. The summed E-state index contributed by atoms with van der Waals surface area (Å²) in [7, 11) is 0. The summed E-state index contributed by atoms with van der Waals surface area (Å²) < 4.78 is 48.2. The van der Waals surface area contributed by atoms with Crippen LogP contribution in [0.15, 0.2) is 52.3 Å². The van der Waals surface area contributed by atoms with E-state index in [-0.39, 0.29) is 48.3 Å². The van der Waals surface area contributed by atoms with Crippen LogP contribution in [0.2, 0.25) is 0 Å². The number of aliphatic hydroxyl groups is 1. The molecule has 3 aliphatic rings. The molecular formula is C36H44F3N5O5S. The topological polar surface area (TPSA) is 130 Å². The first-order valence-electron chi connectivity index (χ1n) is 17.1. The lowest BCUT2D eigenvalue weighted by atomic mass is 9.88. The van der Waals surface area contributed by atoms with E-state index in [0.717, 1.165) is 29.5 Å². The van der Waals surface area contributed by atoms with Gasteiger partial charge in [0.1, 0.15) is 11.8 Å². The van der Waals surface area contributed by atoms with Gasteiger partial charge in [0, 0.05) is 62.4 Å². The number of aliphatic hydroxyl groups excluding tert-OH is 1. The maximum absolute atomic E-state index is 14.0. The van der Waals surface area contributed by atoms with E-state index >= 15 is 0 Å². The second-order valence-corrected chi connectivity index (χ2v) is 14.8. The maximum atomic E-state index is 14.0. The first-order chi connectivity index (χ1) is 23.8. The number of benzene rings is 2. The molecule has 3 aliphatic heterocycles. The van der Waals surface area contributed by atoms with Crippen LogP contribution < -0.4 is 10.9 Å². The molecule has 0 saturated carbocycles. The van der Waals surface area contributed by atoms with E-state index in [1.54, 1.807) is 23.9 Å². The number of morpholine rings is 1. The number of amides is 1. The SMILES string of the molecule is CC(C)C1=NC(C(=O)N2CCOC3(CCN(Cc4ccc(C(F)(F)F)c(CCNC[C@H](O)c5ccc(O)c6[nH]c(=O)ccc56)c4)CC3)C2)CS1. The first-order valence-corrected chi connectivity index (χ1v) is 18.1. The molecule has 270 valence electrons. The summed E-state index contributed by atoms with van der Waals surface area (Å²) in [6.45, 7) is 7.89. The Morgan fingerprint density at radius 1 is 1.16 bits per heavy atom. The molecule has 10 nitrogen and oxygen atoms in total. The van der Waals surface area contributed by atoms with Gasteiger partial charge in [-0.05, 0) is 60.7 Å². The summed E-state index contributed by atoms with van der Waals surface area (Å²) >= 11 is 1.66. The molecular weight excluding hydrogens is 671 g/mol. The molecule has 1 amide bonds. The van der Waals surface area contributed by atoms with Crippen LogP contribution in [0.3, 0.4) is 0 Å².